The molecule has 0 atom stereocenters. The molecule has 30 heavy (non-hydrogen) atoms. The maximum Gasteiger partial charge on any atom is 0.226 e. The van der Waals surface area contributed by atoms with Gasteiger partial charge in [0.05, 0.1) is 0 Å². The van der Waals surface area contributed by atoms with Crippen molar-refractivity contribution in [2.45, 2.75) is 64.0 Å². The Hall–Kier alpha value is -1.88. The Kier molecular flexibility index (Phi) is 5.81. The van der Waals surface area contributed by atoms with Crippen LogP contribution in [0.5, 0.6) is 0 Å². The predicted molar refractivity (Wildman–Crippen MR) is 117 cm³/mol. The number of hydrogen-bond acceptors (Lipinski definition) is 3. The molecule has 4 aliphatic rings. The quantitative estimate of drug-likeness (QED) is 0.771. The molecule has 0 spiro atoms. The van der Waals surface area contributed by atoms with Gasteiger partial charge in [-0.1, -0.05) is 30.7 Å². The van der Waals surface area contributed by atoms with Crippen LogP contribution in [-0.4, -0.2) is 65.3 Å². The summed E-state index contributed by atoms with van der Waals surface area (Å²) in [6.07, 6.45) is 8.57. The van der Waals surface area contributed by atoms with Crippen LogP contribution in [0.1, 0.15) is 56.1 Å². The molecule has 0 N–H and O–H groups in total. The van der Waals surface area contributed by atoms with E-state index in [0.29, 0.717) is 23.8 Å². The molecule has 5 rings (SSSR count). The number of rotatable bonds is 3. The van der Waals surface area contributed by atoms with Crippen LogP contribution in [0, 0.1) is 11.8 Å². The van der Waals surface area contributed by atoms with Gasteiger partial charge in [-0.15, -0.1) is 0 Å². The lowest BCUT2D eigenvalue weighted by Gasteiger charge is -2.43. The second kappa shape index (κ2) is 8.70. The third-order valence-corrected chi connectivity index (χ3v) is 8.07. The number of carbonyl (C=O) groups excluding carboxylic acids is 2. The van der Waals surface area contributed by atoms with E-state index in [4.69, 9.17) is 0 Å². The fraction of sp³-hybridized carbons (Fsp3) is 0.680. The predicted octanol–water partition coefficient (Wildman–Crippen LogP) is 3.07. The molecule has 0 radical (unpaired) electrons. The second-order valence-electron chi connectivity index (χ2n) is 9.77. The summed E-state index contributed by atoms with van der Waals surface area (Å²) in [5, 5.41) is 0. The summed E-state index contributed by atoms with van der Waals surface area (Å²) < 4.78 is 0. The van der Waals surface area contributed by atoms with E-state index >= 15 is 0 Å². The van der Waals surface area contributed by atoms with Gasteiger partial charge in [-0.25, -0.2) is 0 Å². The van der Waals surface area contributed by atoms with Crippen LogP contribution in [-0.2, 0) is 22.6 Å². The summed E-state index contributed by atoms with van der Waals surface area (Å²) in [5.41, 5.74) is 2.72. The first-order valence-electron chi connectivity index (χ1n) is 12.1. The number of carbonyl (C=O) groups is 2. The smallest absolute Gasteiger partial charge is 0.226 e. The Morgan fingerprint density at radius 3 is 2.00 bits per heavy atom. The molecule has 3 aliphatic heterocycles. The molecule has 2 saturated heterocycles. The van der Waals surface area contributed by atoms with E-state index in [9.17, 15) is 9.59 Å². The highest BCUT2D eigenvalue weighted by molar-refractivity contribution is 5.80. The van der Waals surface area contributed by atoms with Crippen LogP contribution >= 0.6 is 0 Å². The number of piperidine rings is 2. The minimum Gasteiger partial charge on any atom is -0.342 e. The summed E-state index contributed by atoms with van der Waals surface area (Å²) in [4.78, 5) is 32.4. The summed E-state index contributed by atoms with van der Waals surface area (Å²) in [6, 6.07) is 9.13. The number of hydrogen-bond donors (Lipinski definition) is 0. The zero-order valence-electron chi connectivity index (χ0n) is 18.1. The van der Waals surface area contributed by atoms with E-state index < -0.39 is 0 Å². The fourth-order valence-corrected chi connectivity index (χ4v) is 5.82. The standard InChI is InChI=1S/C25H35N3O2/c29-24(20-6-3-7-20)27-16-11-23(12-17-27)26-13-9-21(10-14-26)25(30)28-15-8-19-4-1-2-5-22(19)18-28/h1-2,4-5,20-21,23H,3,6-18H2. The van der Waals surface area contributed by atoms with Crippen LogP contribution < -0.4 is 0 Å². The van der Waals surface area contributed by atoms with Crippen LogP contribution in [0.2, 0.25) is 0 Å². The molecule has 0 unspecified atom stereocenters. The van der Waals surface area contributed by atoms with Crippen molar-refractivity contribution in [2.24, 2.45) is 11.8 Å². The van der Waals surface area contributed by atoms with Gasteiger partial charge in [-0.05, 0) is 69.2 Å². The molecule has 162 valence electrons. The second-order valence-corrected chi connectivity index (χ2v) is 9.77. The highest BCUT2D eigenvalue weighted by Gasteiger charge is 2.35. The van der Waals surface area contributed by atoms with Crippen molar-refractivity contribution in [3.63, 3.8) is 0 Å². The van der Waals surface area contributed by atoms with Gasteiger partial charge in [0.1, 0.15) is 0 Å². The van der Waals surface area contributed by atoms with Gasteiger partial charge in [0.15, 0.2) is 0 Å². The first-order valence-corrected chi connectivity index (χ1v) is 12.1. The van der Waals surface area contributed by atoms with Gasteiger partial charge in [-0.2, -0.15) is 0 Å². The monoisotopic (exact) mass is 409 g/mol. The molecule has 5 nitrogen and oxygen atoms in total. The van der Waals surface area contributed by atoms with Crippen LogP contribution in [0.3, 0.4) is 0 Å². The Morgan fingerprint density at radius 2 is 1.33 bits per heavy atom. The maximum absolute atomic E-state index is 13.1. The Balaban J connectivity index is 1.08. The zero-order valence-corrected chi connectivity index (χ0v) is 18.1. The average Bonchev–Trinajstić information content (AvgIpc) is 2.77. The normalized spacial score (nSPS) is 24.4. The SMILES string of the molecule is O=C(C1CCC1)N1CCC(N2CCC(C(=O)N3CCc4ccccc4C3)CC2)CC1. The Labute approximate surface area is 180 Å². The number of likely N-dealkylation sites (tertiary alicyclic amines) is 2. The summed E-state index contributed by atoms with van der Waals surface area (Å²) in [6.45, 7) is 5.55. The van der Waals surface area contributed by atoms with Crippen molar-refractivity contribution >= 4 is 11.8 Å². The van der Waals surface area contributed by atoms with Crippen LogP contribution in [0.25, 0.3) is 0 Å². The highest BCUT2D eigenvalue weighted by Crippen LogP contribution is 2.31. The lowest BCUT2D eigenvalue weighted by Crippen LogP contribution is -2.51. The van der Waals surface area contributed by atoms with E-state index in [2.05, 4.69) is 39.0 Å². The van der Waals surface area contributed by atoms with E-state index in [-0.39, 0.29) is 5.92 Å². The first kappa shape index (κ1) is 20.0. The van der Waals surface area contributed by atoms with Crippen LogP contribution in [0.4, 0.5) is 0 Å². The molecule has 5 heteroatoms. The van der Waals surface area contributed by atoms with E-state index in [1.54, 1.807) is 0 Å². The van der Waals surface area contributed by atoms with Gasteiger partial charge in [0, 0.05) is 44.1 Å². The maximum atomic E-state index is 13.1. The molecule has 3 heterocycles. The molecule has 1 aromatic rings. The topological polar surface area (TPSA) is 43.9 Å². The fourth-order valence-electron chi connectivity index (χ4n) is 5.82. The van der Waals surface area contributed by atoms with Gasteiger partial charge in [0.2, 0.25) is 11.8 Å². The van der Waals surface area contributed by atoms with Crippen LogP contribution in [0.15, 0.2) is 24.3 Å². The minimum atomic E-state index is 0.187. The molecule has 0 bridgehead atoms. The van der Waals surface area contributed by atoms with E-state index in [0.717, 1.165) is 84.2 Å². The molecule has 1 saturated carbocycles. The van der Waals surface area contributed by atoms with Gasteiger partial charge < -0.3 is 14.7 Å². The average molecular weight is 410 g/mol. The lowest BCUT2D eigenvalue weighted by molar-refractivity contribution is -0.141. The third kappa shape index (κ3) is 4.01. The molecule has 3 fully saturated rings. The van der Waals surface area contributed by atoms with Crippen molar-refractivity contribution in [2.75, 3.05) is 32.7 Å². The lowest BCUT2D eigenvalue weighted by atomic mass is 9.83. The van der Waals surface area contributed by atoms with E-state index in [1.165, 1.54) is 17.5 Å². The Bertz CT molecular complexity index is 774. The minimum absolute atomic E-state index is 0.187. The molecule has 0 aromatic heterocycles. The summed E-state index contributed by atoms with van der Waals surface area (Å²) in [7, 11) is 0. The molecule has 1 aliphatic carbocycles. The third-order valence-electron chi connectivity index (χ3n) is 8.07. The zero-order chi connectivity index (χ0) is 20.5. The summed E-state index contributed by atoms with van der Waals surface area (Å²) in [5.74, 6) is 1.29. The number of benzene rings is 1. The molecule has 1 aromatic carbocycles. The summed E-state index contributed by atoms with van der Waals surface area (Å²) >= 11 is 0. The largest absolute Gasteiger partial charge is 0.342 e. The van der Waals surface area contributed by atoms with E-state index in [1.807, 2.05) is 0 Å². The van der Waals surface area contributed by atoms with Gasteiger partial charge in [-0.3, -0.25) is 9.59 Å². The van der Waals surface area contributed by atoms with Crippen molar-refractivity contribution in [1.82, 2.24) is 14.7 Å². The molecular formula is C25H35N3O2. The number of nitrogens with zero attached hydrogens (tertiary/aromatic N) is 3. The number of amides is 2. The molecular weight excluding hydrogens is 374 g/mol. The molecule has 2 amide bonds. The Morgan fingerprint density at radius 1 is 0.700 bits per heavy atom. The number of fused-ring (bicyclic) bond motifs is 1. The van der Waals surface area contributed by atoms with Gasteiger partial charge in [0.25, 0.3) is 0 Å². The van der Waals surface area contributed by atoms with Gasteiger partial charge >= 0.3 is 0 Å². The van der Waals surface area contributed by atoms with Crippen molar-refractivity contribution in [1.29, 1.82) is 0 Å². The highest BCUT2D eigenvalue weighted by atomic mass is 16.2. The van der Waals surface area contributed by atoms with Crippen molar-refractivity contribution in [3.05, 3.63) is 35.4 Å². The van der Waals surface area contributed by atoms with Crippen molar-refractivity contribution in [3.8, 4) is 0 Å². The first-order chi connectivity index (χ1) is 14.7. The van der Waals surface area contributed by atoms with Crippen molar-refractivity contribution < 1.29 is 9.59 Å².